The van der Waals surface area contributed by atoms with Crippen molar-refractivity contribution in [1.29, 1.82) is 0 Å². The summed E-state index contributed by atoms with van der Waals surface area (Å²) in [5, 5.41) is 14.2. The van der Waals surface area contributed by atoms with E-state index in [-0.39, 0.29) is 12.3 Å². The minimum atomic E-state index is -1.01. The summed E-state index contributed by atoms with van der Waals surface area (Å²) in [7, 11) is 0. The van der Waals surface area contributed by atoms with Gasteiger partial charge in [-0.15, -0.1) is 0 Å². The highest BCUT2D eigenvalue weighted by molar-refractivity contribution is 6.03. The number of hydrogen-bond acceptors (Lipinski definition) is 2. The van der Waals surface area contributed by atoms with Crippen molar-refractivity contribution in [2.45, 2.75) is 12.3 Å². The maximum atomic E-state index is 12.4. The maximum absolute atomic E-state index is 12.4. The molecule has 1 atom stereocenters. The quantitative estimate of drug-likeness (QED) is 0.746. The molecule has 24 heavy (non-hydrogen) atoms. The van der Waals surface area contributed by atoms with Crippen LogP contribution in [0.3, 0.4) is 0 Å². The zero-order valence-corrected chi connectivity index (χ0v) is 13.0. The van der Waals surface area contributed by atoms with Gasteiger partial charge in [-0.05, 0) is 17.0 Å². The fourth-order valence-corrected chi connectivity index (χ4v) is 2.75. The van der Waals surface area contributed by atoms with Crippen LogP contribution in [-0.4, -0.2) is 17.0 Å². The summed E-state index contributed by atoms with van der Waals surface area (Å²) in [6, 6.07) is 22.2. The van der Waals surface area contributed by atoms with E-state index >= 15 is 0 Å². The predicted octanol–water partition coefficient (Wildman–Crippen LogP) is 4.04. The van der Waals surface area contributed by atoms with Crippen molar-refractivity contribution >= 4 is 28.3 Å². The Labute approximate surface area is 139 Å². The molecule has 3 aromatic rings. The average Bonchev–Trinajstić information content (AvgIpc) is 2.60. The second-order valence-electron chi connectivity index (χ2n) is 5.58. The zero-order chi connectivity index (χ0) is 16.9. The Morgan fingerprint density at radius 3 is 2.29 bits per heavy atom. The SMILES string of the molecule is O=C(C[C@H](C(=O)O)c1ccccc1)Nc1cccc2ccccc12. The fraction of sp³-hybridized carbons (Fsp3) is 0.100. The van der Waals surface area contributed by atoms with Crippen LogP contribution >= 0.6 is 0 Å². The number of amides is 1. The molecule has 120 valence electrons. The van der Waals surface area contributed by atoms with Crippen LogP contribution in [-0.2, 0) is 9.59 Å². The van der Waals surface area contributed by atoms with Crippen molar-refractivity contribution in [1.82, 2.24) is 0 Å². The molecule has 0 saturated heterocycles. The molecule has 3 aromatic carbocycles. The van der Waals surface area contributed by atoms with Gasteiger partial charge >= 0.3 is 5.97 Å². The van der Waals surface area contributed by atoms with E-state index in [1.807, 2.05) is 48.5 Å². The molecule has 0 bridgehead atoms. The third kappa shape index (κ3) is 3.43. The van der Waals surface area contributed by atoms with Gasteiger partial charge in [0.05, 0.1) is 5.92 Å². The summed E-state index contributed by atoms with van der Waals surface area (Å²) >= 11 is 0. The van der Waals surface area contributed by atoms with Crippen LogP contribution in [0.4, 0.5) is 5.69 Å². The first-order chi connectivity index (χ1) is 11.6. The molecule has 0 heterocycles. The summed E-state index contributed by atoms with van der Waals surface area (Å²) < 4.78 is 0. The van der Waals surface area contributed by atoms with E-state index in [0.717, 1.165) is 10.8 Å². The van der Waals surface area contributed by atoms with Crippen molar-refractivity contribution in [2.75, 3.05) is 5.32 Å². The van der Waals surface area contributed by atoms with E-state index in [4.69, 9.17) is 0 Å². The molecule has 0 aliphatic carbocycles. The van der Waals surface area contributed by atoms with E-state index in [2.05, 4.69) is 5.32 Å². The van der Waals surface area contributed by atoms with Gasteiger partial charge in [-0.3, -0.25) is 9.59 Å². The Kier molecular flexibility index (Phi) is 4.57. The lowest BCUT2D eigenvalue weighted by molar-refractivity contribution is -0.140. The summed E-state index contributed by atoms with van der Waals surface area (Å²) in [4.78, 5) is 23.9. The molecule has 2 N–H and O–H groups in total. The number of rotatable bonds is 5. The van der Waals surface area contributed by atoms with Gasteiger partial charge in [0.2, 0.25) is 5.91 Å². The summed E-state index contributed by atoms with van der Waals surface area (Å²) in [6.07, 6.45) is -0.109. The number of carbonyl (C=O) groups excluding carboxylic acids is 1. The van der Waals surface area contributed by atoms with Gasteiger partial charge in [0.25, 0.3) is 0 Å². The molecule has 0 aliphatic heterocycles. The molecule has 0 unspecified atom stereocenters. The number of nitrogens with one attached hydrogen (secondary N) is 1. The summed E-state index contributed by atoms with van der Waals surface area (Å²) in [5.41, 5.74) is 1.31. The molecule has 0 aliphatic rings. The number of anilines is 1. The van der Waals surface area contributed by atoms with Gasteiger partial charge in [-0.1, -0.05) is 66.7 Å². The molecule has 0 saturated carbocycles. The number of carbonyl (C=O) groups is 2. The van der Waals surface area contributed by atoms with E-state index in [1.165, 1.54) is 0 Å². The molecule has 0 fully saturated rings. The van der Waals surface area contributed by atoms with Gasteiger partial charge in [0.15, 0.2) is 0 Å². The van der Waals surface area contributed by atoms with Crippen molar-refractivity contribution in [3.63, 3.8) is 0 Å². The standard InChI is InChI=1S/C20H17NO3/c22-19(13-17(20(23)24)15-7-2-1-3-8-15)21-18-12-6-10-14-9-4-5-11-16(14)18/h1-12,17H,13H2,(H,21,22)(H,23,24)/t17-/m0/s1. The monoisotopic (exact) mass is 319 g/mol. The highest BCUT2D eigenvalue weighted by atomic mass is 16.4. The fourth-order valence-electron chi connectivity index (χ4n) is 2.75. The van der Waals surface area contributed by atoms with Gasteiger partial charge in [-0.25, -0.2) is 0 Å². The van der Waals surface area contributed by atoms with Gasteiger partial charge < -0.3 is 10.4 Å². The predicted molar refractivity (Wildman–Crippen MR) is 94.0 cm³/mol. The number of aliphatic carboxylic acids is 1. The van der Waals surface area contributed by atoms with Crippen molar-refractivity contribution in [3.05, 3.63) is 78.4 Å². The molecule has 0 radical (unpaired) electrons. The lowest BCUT2D eigenvalue weighted by Gasteiger charge is -2.14. The molecule has 4 heteroatoms. The first kappa shape index (κ1) is 15.7. The molecule has 0 aromatic heterocycles. The Bertz CT molecular complexity index is 869. The topological polar surface area (TPSA) is 66.4 Å². The van der Waals surface area contributed by atoms with Crippen molar-refractivity contribution in [2.24, 2.45) is 0 Å². The number of benzene rings is 3. The Morgan fingerprint density at radius 2 is 1.54 bits per heavy atom. The van der Waals surface area contributed by atoms with Gasteiger partial charge in [0.1, 0.15) is 0 Å². The molecular weight excluding hydrogens is 302 g/mol. The van der Waals surface area contributed by atoms with E-state index in [0.29, 0.717) is 11.3 Å². The van der Waals surface area contributed by atoms with E-state index < -0.39 is 11.9 Å². The second-order valence-corrected chi connectivity index (χ2v) is 5.58. The lowest BCUT2D eigenvalue weighted by Crippen LogP contribution is -2.21. The normalized spacial score (nSPS) is 11.8. The van der Waals surface area contributed by atoms with Crippen molar-refractivity contribution in [3.8, 4) is 0 Å². The summed E-state index contributed by atoms with van der Waals surface area (Å²) in [6.45, 7) is 0. The second kappa shape index (κ2) is 6.96. The molecule has 1 amide bonds. The molecule has 4 nitrogen and oxygen atoms in total. The van der Waals surface area contributed by atoms with Crippen LogP contribution in [0.5, 0.6) is 0 Å². The third-order valence-electron chi connectivity index (χ3n) is 3.95. The van der Waals surface area contributed by atoms with Crippen LogP contribution in [0.25, 0.3) is 10.8 Å². The number of fused-ring (bicyclic) bond motifs is 1. The van der Waals surface area contributed by atoms with E-state index in [9.17, 15) is 14.7 Å². The van der Waals surface area contributed by atoms with Crippen molar-refractivity contribution < 1.29 is 14.7 Å². The van der Waals surface area contributed by atoms with Crippen LogP contribution < -0.4 is 5.32 Å². The Hall–Kier alpha value is -3.14. The highest BCUT2D eigenvalue weighted by Gasteiger charge is 2.23. The minimum Gasteiger partial charge on any atom is -0.481 e. The van der Waals surface area contributed by atoms with Crippen LogP contribution in [0.2, 0.25) is 0 Å². The largest absolute Gasteiger partial charge is 0.481 e. The molecule has 3 rings (SSSR count). The lowest BCUT2D eigenvalue weighted by atomic mass is 9.95. The molecule has 0 spiro atoms. The number of carboxylic acids is 1. The Morgan fingerprint density at radius 1 is 0.875 bits per heavy atom. The summed E-state index contributed by atoms with van der Waals surface area (Å²) in [5.74, 6) is -2.18. The van der Waals surface area contributed by atoms with E-state index in [1.54, 1.807) is 24.3 Å². The first-order valence-electron chi connectivity index (χ1n) is 7.70. The van der Waals surface area contributed by atoms with Crippen LogP contribution in [0.1, 0.15) is 17.9 Å². The number of hydrogen-bond donors (Lipinski definition) is 2. The third-order valence-corrected chi connectivity index (χ3v) is 3.95. The Balaban J connectivity index is 1.80. The molecular formula is C20H17NO3. The van der Waals surface area contributed by atoms with Crippen LogP contribution in [0, 0.1) is 0 Å². The smallest absolute Gasteiger partial charge is 0.311 e. The highest BCUT2D eigenvalue weighted by Crippen LogP contribution is 2.25. The van der Waals surface area contributed by atoms with Crippen LogP contribution in [0.15, 0.2) is 72.8 Å². The maximum Gasteiger partial charge on any atom is 0.311 e. The average molecular weight is 319 g/mol. The first-order valence-corrected chi connectivity index (χ1v) is 7.70. The zero-order valence-electron chi connectivity index (χ0n) is 13.0. The van der Waals surface area contributed by atoms with Gasteiger partial charge in [-0.2, -0.15) is 0 Å². The van der Waals surface area contributed by atoms with Gasteiger partial charge in [0, 0.05) is 17.5 Å². The number of carboxylic acid groups (broad SMARTS) is 1. The minimum absolute atomic E-state index is 0.109.